The highest BCUT2D eigenvalue weighted by molar-refractivity contribution is 5.23. The molecule has 1 aliphatic rings. The average Bonchev–Trinajstić information content (AvgIpc) is 2.19. The third-order valence-electron chi connectivity index (χ3n) is 2.60. The van der Waals surface area contributed by atoms with Crippen molar-refractivity contribution in [1.82, 2.24) is 5.32 Å². The van der Waals surface area contributed by atoms with Gasteiger partial charge in [-0.25, -0.2) is 4.39 Å². The molecule has 3 heteroatoms. The van der Waals surface area contributed by atoms with E-state index in [4.69, 9.17) is 4.74 Å². The lowest BCUT2D eigenvalue weighted by Gasteiger charge is -2.34. The second kappa shape index (κ2) is 3.67. The molecule has 0 aliphatic carbocycles. The quantitative estimate of drug-likeness (QED) is 0.735. The van der Waals surface area contributed by atoms with Crippen LogP contribution in [0.2, 0.25) is 0 Å². The van der Waals surface area contributed by atoms with Crippen LogP contribution in [0.25, 0.3) is 0 Å². The number of nitrogens with one attached hydrogen (secondary N) is 1. The molecular formula is C11H14FNO. The Labute approximate surface area is 83.1 Å². The maximum absolute atomic E-state index is 13.0. The van der Waals surface area contributed by atoms with Crippen molar-refractivity contribution >= 4 is 0 Å². The molecule has 0 bridgehead atoms. The minimum absolute atomic E-state index is 0.210. The molecule has 0 saturated carbocycles. The Morgan fingerprint density at radius 2 is 2.36 bits per heavy atom. The van der Waals surface area contributed by atoms with Gasteiger partial charge in [0.15, 0.2) is 0 Å². The van der Waals surface area contributed by atoms with Crippen molar-refractivity contribution in [1.29, 1.82) is 0 Å². The molecule has 1 heterocycles. The van der Waals surface area contributed by atoms with E-state index in [-0.39, 0.29) is 11.4 Å². The average molecular weight is 195 g/mol. The van der Waals surface area contributed by atoms with Gasteiger partial charge in [-0.1, -0.05) is 12.1 Å². The standard InChI is InChI=1S/C11H14FNO/c1-11(8-13-5-6-14-11)9-3-2-4-10(12)7-9/h2-4,7,13H,5-6,8H2,1H3/t11-/m1/s1. The van der Waals surface area contributed by atoms with Crippen LogP contribution in [0.3, 0.4) is 0 Å². The van der Waals surface area contributed by atoms with Crippen LogP contribution in [0.4, 0.5) is 4.39 Å². The molecule has 76 valence electrons. The lowest BCUT2D eigenvalue weighted by Crippen LogP contribution is -2.45. The first kappa shape index (κ1) is 9.62. The Balaban J connectivity index is 2.28. The van der Waals surface area contributed by atoms with E-state index in [2.05, 4.69) is 5.32 Å². The molecule has 2 nitrogen and oxygen atoms in total. The van der Waals surface area contributed by atoms with Gasteiger partial charge in [-0.15, -0.1) is 0 Å². The maximum Gasteiger partial charge on any atom is 0.123 e. The molecule has 14 heavy (non-hydrogen) atoms. The summed E-state index contributed by atoms with van der Waals surface area (Å²) in [6.45, 7) is 4.25. The van der Waals surface area contributed by atoms with E-state index >= 15 is 0 Å². The van der Waals surface area contributed by atoms with Crippen molar-refractivity contribution in [2.75, 3.05) is 19.7 Å². The summed E-state index contributed by atoms with van der Waals surface area (Å²) in [6, 6.07) is 6.60. The summed E-state index contributed by atoms with van der Waals surface area (Å²) in [6.07, 6.45) is 0. The van der Waals surface area contributed by atoms with Crippen molar-refractivity contribution in [3.63, 3.8) is 0 Å². The fourth-order valence-corrected chi connectivity index (χ4v) is 1.73. The topological polar surface area (TPSA) is 21.3 Å². The van der Waals surface area contributed by atoms with Gasteiger partial charge >= 0.3 is 0 Å². The lowest BCUT2D eigenvalue weighted by atomic mass is 9.94. The zero-order valence-electron chi connectivity index (χ0n) is 8.22. The van der Waals surface area contributed by atoms with Gasteiger partial charge in [0.1, 0.15) is 11.4 Å². The minimum Gasteiger partial charge on any atom is -0.368 e. The predicted molar refractivity (Wildman–Crippen MR) is 52.6 cm³/mol. The number of halogens is 1. The minimum atomic E-state index is -0.389. The van der Waals surface area contributed by atoms with E-state index in [1.807, 2.05) is 13.0 Å². The Morgan fingerprint density at radius 1 is 1.50 bits per heavy atom. The summed E-state index contributed by atoms with van der Waals surface area (Å²) < 4.78 is 18.7. The number of benzene rings is 1. The largest absolute Gasteiger partial charge is 0.368 e. The number of ether oxygens (including phenoxy) is 1. The van der Waals surface area contributed by atoms with Gasteiger partial charge in [0.05, 0.1) is 6.61 Å². The summed E-state index contributed by atoms with van der Waals surface area (Å²) in [5, 5.41) is 3.25. The Bertz CT molecular complexity index is 321. The molecule has 0 amide bonds. The molecule has 1 aromatic carbocycles. The van der Waals surface area contributed by atoms with Crippen LogP contribution in [-0.2, 0) is 10.3 Å². The SMILES string of the molecule is C[C@]1(c2cccc(F)c2)CNCCO1. The highest BCUT2D eigenvalue weighted by atomic mass is 19.1. The fraction of sp³-hybridized carbons (Fsp3) is 0.455. The highest BCUT2D eigenvalue weighted by Gasteiger charge is 2.29. The first-order chi connectivity index (χ1) is 6.71. The van der Waals surface area contributed by atoms with E-state index in [0.29, 0.717) is 6.61 Å². The third kappa shape index (κ3) is 1.79. The van der Waals surface area contributed by atoms with E-state index in [9.17, 15) is 4.39 Å². The van der Waals surface area contributed by atoms with Gasteiger partial charge in [0.25, 0.3) is 0 Å². The first-order valence-electron chi connectivity index (χ1n) is 4.81. The molecule has 1 fully saturated rings. The normalized spacial score (nSPS) is 27.6. The number of rotatable bonds is 1. The van der Waals surface area contributed by atoms with Gasteiger partial charge in [-0.2, -0.15) is 0 Å². The van der Waals surface area contributed by atoms with E-state index in [0.717, 1.165) is 18.7 Å². The molecule has 1 aromatic rings. The van der Waals surface area contributed by atoms with Crippen molar-refractivity contribution in [2.24, 2.45) is 0 Å². The second-order valence-corrected chi connectivity index (χ2v) is 3.77. The molecule has 0 spiro atoms. The summed E-state index contributed by atoms with van der Waals surface area (Å²) in [5.74, 6) is -0.210. The monoisotopic (exact) mass is 195 g/mol. The second-order valence-electron chi connectivity index (χ2n) is 3.77. The molecule has 0 aromatic heterocycles. The molecule has 1 N–H and O–H groups in total. The van der Waals surface area contributed by atoms with Crippen molar-refractivity contribution in [3.05, 3.63) is 35.6 Å². The van der Waals surface area contributed by atoms with Gasteiger partial charge in [0.2, 0.25) is 0 Å². The Morgan fingerprint density at radius 3 is 3.00 bits per heavy atom. The van der Waals surface area contributed by atoms with Crippen LogP contribution in [0.5, 0.6) is 0 Å². The summed E-state index contributed by atoms with van der Waals surface area (Å²) in [5.41, 5.74) is 0.505. The van der Waals surface area contributed by atoms with E-state index < -0.39 is 0 Å². The van der Waals surface area contributed by atoms with Crippen molar-refractivity contribution in [2.45, 2.75) is 12.5 Å². The van der Waals surface area contributed by atoms with Crippen molar-refractivity contribution in [3.8, 4) is 0 Å². The van der Waals surface area contributed by atoms with E-state index in [1.54, 1.807) is 6.07 Å². The molecule has 1 atom stereocenters. The van der Waals surface area contributed by atoms with E-state index in [1.165, 1.54) is 12.1 Å². The number of morpholine rings is 1. The summed E-state index contributed by atoms with van der Waals surface area (Å²) in [4.78, 5) is 0. The number of hydrogen-bond acceptors (Lipinski definition) is 2. The smallest absolute Gasteiger partial charge is 0.123 e. The molecule has 1 saturated heterocycles. The Kier molecular flexibility index (Phi) is 2.52. The van der Waals surface area contributed by atoms with Crippen LogP contribution in [0.1, 0.15) is 12.5 Å². The first-order valence-corrected chi connectivity index (χ1v) is 4.81. The van der Waals surface area contributed by atoms with Gasteiger partial charge in [-0.3, -0.25) is 0 Å². The summed E-state index contributed by atoms with van der Waals surface area (Å²) >= 11 is 0. The molecular weight excluding hydrogens is 181 g/mol. The van der Waals surface area contributed by atoms with Crippen LogP contribution < -0.4 is 5.32 Å². The zero-order chi connectivity index (χ0) is 10.0. The van der Waals surface area contributed by atoms with Gasteiger partial charge in [-0.05, 0) is 24.6 Å². The fourth-order valence-electron chi connectivity index (χ4n) is 1.73. The maximum atomic E-state index is 13.0. The zero-order valence-corrected chi connectivity index (χ0v) is 8.22. The molecule has 0 unspecified atom stereocenters. The van der Waals surface area contributed by atoms with Gasteiger partial charge in [0, 0.05) is 13.1 Å². The van der Waals surface area contributed by atoms with Crippen LogP contribution in [0, 0.1) is 5.82 Å². The lowest BCUT2D eigenvalue weighted by molar-refractivity contribution is -0.0573. The summed E-state index contributed by atoms with van der Waals surface area (Å²) in [7, 11) is 0. The molecule has 2 rings (SSSR count). The van der Waals surface area contributed by atoms with Crippen molar-refractivity contribution < 1.29 is 9.13 Å². The van der Waals surface area contributed by atoms with Crippen LogP contribution >= 0.6 is 0 Å². The van der Waals surface area contributed by atoms with Crippen LogP contribution in [-0.4, -0.2) is 19.7 Å². The Hall–Kier alpha value is -0.930. The van der Waals surface area contributed by atoms with Gasteiger partial charge < -0.3 is 10.1 Å². The molecule has 0 radical (unpaired) electrons. The van der Waals surface area contributed by atoms with Crippen LogP contribution in [0.15, 0.2) is 24.3 Å². The predicted octanol–water partition coefficient (Wildman–Crippen LogP) is 1.66. The third-order valence-corrected chi connectivity index (χ3v) is 2.60. The highest BCUT2D eigenvalue weighted by Crippen LogP contribution is 2.26. The number of hydrogen-bond donors (Lipinski definition) is 1. The molecule has 1 aliphatic heterocycles.